The van der Waals surface area contributed by atoms with E-state index in [-0.39, 0.29) is 48.4 Å². The van der Waals surface area contributed by atoms with Crippen molar-refractivity contribution >= 4 is 16.6 Å². The first kappa shape index (κ1) is 44.7. The second kappa shape index (κ2) is 21.1. The number of benzene rings is 5. The van der Waals surface area contributed by atoms with Crippen LogP contribution in [-0.4, -0.2) is 71.0 Å². The van der Waals surface area contributed by atoms with Crippen molar-refractivity contribution in [2.45, 2.75) is 77.0 Å². The van der Waals surface area contributed by atoms with Crippen LogP contribution in [0.3, 0.4) is 0 Å². The number of Topliss-reactive ketones (excluding diaryl/α,β-unsaturated/α-hetero) is 1. The van der Waals surface area contributed by atoms with Gasteiger partial charge in [-0.15, -0.1) is 0 Å². The fourth-order valence-corrected chi connectivity index (χ4v) is 8.31. The minimum atomic E-state index is -1.09. The maximum Gasteiger partial charge on any atom is 0.164 e. The van der Waals surface area contributed by atoms with Crippen LogP contribution in [0.5, 0.6) is 28.7 Å². The van der Waals surface area contributed by atoms with Crippen LogP contribution in [0.25, 0.3) is 10.8 Å². The van der Waals surface area contributed by atoms with E-state index in [1.165, 1.54) is 11.6 Å². The highest BCUT2D eigenvalue weighted by Gasteiger charge is 2.30. The summed E-state index contributed by atoms with van der Waals surface area (Å²) in [5.74, 6) is -0.864. The fourth-order valence-electron chi connectivity index (χ4n) is 8.31. The minimum absolute atomic E-state index is 0.0211. The Hall–Kier alpha value is -5.85. The van der Waals surface area contributed by atoms with Gasteiger partial charge in [0.05, 0.1) is 19.3 Å². The molecule has 61 heavy (non-hydrogen) atoms. The molecule has 7 N–H and O–H groups in total. The Morgan fingerprint density at radius 3 is 2.34 bits per heavy atom. The highest BCUT2D eigenvalue weighted by atomic mass is 16.5. The third-order valence-corrected chi connectivity index (χ3v) is 11.4. The molecule has 0 saturated carbocycles. The molecule has 4 atom stereocenters. The Bertz CT molecular complexity index is 2380. The molecular weight excluding hydrogens is 771 g/mol. The van der Waals surface area contributed by atoms with Crippen molar-refractivity contribution in [2.75, 3.05) is 27.4 Å². The van der Waals surface area contributed by atoms with Crippen LogP contribution in [0.15, 0.2) is 103 Å². The zero-order chi connectivity index (χ0) is 43.5. The minimum Gasteiger partial charge on any atom is -0.670 e. The Labute approximate surface area is 358 Å². The number of fused-ring (bicyclic) bond motifs is 1. The van der Waals surface area contributed by atoms with Gasteiger partial charge in [0.25, 0.3) is 0 Å². The van der Waals surface area contributed by atoms with Crippen LogP contribution >= 0.6 is 0 Å². The number of ketones is 1. The number of hydrogen-bond acceptors (Lipinski definition) is 10. The summed E-state index contributed by atoms with van der Waals surface area (Å²) in [7, 11) is 3.35. The Kier molecular flexibility index (Phi) is 15.5. The number of aryl methyl sites for hydroxylation is 1. The second-order valence-corrected chi connectivity index (χ2v) is 15.9. The molecule has 11 heteroatoms. The number of aliphatic hydroxyl groups is 2. The number of aliphatic hydroxyl groups excluding tert-OH is 2. The molecule has 0 aliphatic carbocycles. The third kappa shape index (κ3) is 11.5. The number of methoxy groups -OCH3 is 1. The number of phenols is 3. The predicted molar refractivity (Wildman–Crippen MR) is 238 cm³/mol. The van der Waals surface area contributed by atoms with E-state index in [1.807, 2.05) is 30.3 Å². The van der Waals surface area contributed by atoms with Gasteiger partial charge in [0, 0.05) is 37.4 Å². The first-order valence-electron chi connectivity index (χ1n) is 20.9. The van der Waals surface area contributed by atoms with Crippen molar-refractivity contribution < 1.29 is 39.8 Å². The molecule has 4 unspecified atom stereocenters. The molecule has 1 heterocycles. The number of carbonyl (C=O) groups is 1. The quantitative estimate of drug-likeness (QED) is 0.0282. The smallest absolute Gasteiger partial charge is 0.164 e. The monoisotopic (exact) mass is 828 g/mol. The number of phenolic OH excluding ortho intramolecular Hbond substituents is 3. The summed E-state index contributed by atoms with van der Waals surface area (Å²) in [6, 6.07) is 28.0. The Balaban J connectivity index is 1.34. The highest BCUT2D eigenvalue weighted by molar-refractivity contribution is 5.88. The Morgan fingerprint density at radius 2 is 1.61 bits per heavy atom. The Morgan fingerprint density at radius 1 is 0.820 bits per heavy atom. The zero-order valence-electron chi connectivity index (χ0n) is 35.4. The summed E-state index contributed by atoms with van der Waals surface area (Å²) in [5, 5.41) is 62.7. The van der Waals surface area contributed by atoms with Crippen LogP contribution in [0, 0.1) is 5.92 Å². The number of aromatic nitrogens is 1. The number of nitrogens with one attached hydrogen (secondary N) is 2. The van der Waals surface area contributed by atoms with Crippen LogP contribution in [0.1, 0.15) is 70.7 Å². The van der Waals surface area contributed by atoms with Crippen molar-refractivity contribution in [3.05, 3.63) is 148 Å². The lowest BCUT2D eigenvalue weighted by Crippen LogP contribution is -2.30. The number of carbonyl (C=O) groups excluding carboxylic acids is 1. The molecule has 1 aromatic heterocycles. The molecule has 0 fully saturated rings. The molecule has 0 spiro atoms. The summed E-state index contributed by atoms with van der Waals surface area (Å²) < 4.78 is 11.7. The van der Waals surface area contributed by atoms with Gasteiger partial charge in [-0.1, -0.05) is 73.2 Å². The maximum atomic E-state index is 14.7. The average molecular weight is 829 g/mol. The normalized spacial score (nSPS) is 13.5. The summed E-state index contributed by atoms with van der Waals surface area (Å²) in [4.78, 5) is 19.0. The lowest BCUT2D eigenvalue weighted by atomic mass is 9.80. The molecule has 0 radical (unpaired) electrons. The molecule has 6 rings (SSSR count). The van der Waals surface area contributed by atoms with Gasteiger partial charge in [-0.2, -0.15) is 12.4 Å². The highest BCUT2D eigenvalue weighted by Crippen LogP contribution is 2.39. The molecule has 0 amide bonds. The van der Waals surface area contributed by atoms with E-state index >= 15 is 0 Å². The summed E-state index contributed by atoms with van der Waals surface area (Å²) in [6.45, 7) is 4.60. The number of aromatic hydroxyl groups is 3. The number of ether oxygens (including phenoxy) is 2. The van der Waals surface area contributed by atoms with Gasteiger partial charge in [-0.3, -0.25) is 10.1 Å². The van der Waals surface area contributed by atoms with E-state index in [2.05, 4.69) is 46.8 Å². The molecule has 322 valence electrons. The van der Waals surface area contributed by atoms with Crippen LogP contribution in [0.4, 0.5) is 0 Å². The fraction of sp³-hybridized carbons (Fsp3) is 0.340. The van der Waals surface area contributed by atoms with Gasteiger partial charge in [0.2, 0.25) is 0 Å². The van der Waals surface area contributed by atoms with Gasteiger partial charge in [-0.05, 0) is 120 Å². The lowest BCUT2D eigenvalue weighted by Gasteiger charge is -2.27. The third-order valence-electron chi connectivity index (χ3n) is 11.4. The van der Waals surface area contributed by atoms with Crippen molar-refractivity contribution in [2.24, 2.45) is 5.92 Å². The van der Waals surface area contributed by atoms with E-state index in [9.17, 15) is 30.3 Å². The number of nitrogens with zero attached hydrogens (tertiary/aromatic N) is 1. The van der Waals surface area contributed by atoms with E-state index in [0.717, 1.165) is 45.0 Å². The first-order chi connectivity index (χ1) is 29.5. The predicted octanol–water partition coefficient (Wildman–Crippen LogP) is 6.85. The molecule has 0 saturated heterocycles. The van der Waals surface area contributed by atoms with Crippen LogP contribution in [-0.2, 0) is 43.4 Å². The molecule has 0 bridgehead atoms. The largest absolute Gasteiger partial charge is 0.670 e. The van der Waals surface area contributed by atoms with Crippen molar-refractivity contribution in [3.8, 4) is 28.7 Å². The van der Waals surface area contributed by atoms with E-state index < -0.39 is 24.0 Å². The molecular formula is C50H58N3O8-. The van der Waals surface area contributed by atoms with Crippen LogP contribution < -0.4 is 25.1 Å². The van der Waals surface area contributed by atoms with Gasteiger partial charge in [0.15, 0.2) is 23.0 Å². The summed E-state index contributed by atoms with van der Waals surface area (Å²) >= 11 is 0. The number of hydrogen-bond donors (Lipinski definition) is 7. The van der Waals surface area contributed by atoms with E-state index in [4.69, 9.17) is 9.47 Å². The van der Waals surface area contributed by atoms with Crippen molar-refractivity contribution in [3.63, 3.8) is 0 Å². The summed E-state index contributed by atoms with van der Waals surface area (Å²) in [6.07, 6.45) is 3.97. The van der Waals surface area contributed by atoms with Crippen LogP contribution in [0.2, 0.25) is 0 Å². The standard InChI is InChI=1S/C50H58N3O8/c1-5-35-11-12-36-8-6-7-9-41(36)42(35)25-44-37(13-15-46(57)50(44)60-4)23-39(18-33-16-17-52-29-33)47(58)26-48(59)43(38-19-34(28-51-3)20-40(55)24-38)21-32-10-14-45(56)49(22-32)61-30-53-27-31(2)54/h6-17,19-20,22,24,29,31,39,43,47,51,53-58H,5,18,21,23,25-28,30H2,1-4H3/q-1. The molecule has 6 aromatic rings. The van der Waals surface area contributed by atoms with E-state index in [1.54, 1.807) is 63.8 Å². The molecule has 0 aliphatic rings. The molecule has 5 aromatic carbocycles. The second-order valence-electron chi connectivity index (χ2n) is 15.9. The SMILES string of the molecule is CCc1ccc2ccccc2c1Cc1c(CC(Cc2cc[n-]c2)C(O)CC(=O)C(Cc2ccc(O)c(OCNCC(C)O)c2)c2cc(O)cc(CNC)c2)ccc(O)c1OC. The van der Waals surface area contributed by atoms with E-state index in [0.29, 0.717) is 49.2 Å². The molecule has 0 aliphatic heterocycles. The maximum absolute atomic E-state index is 14.7. The average Bonchev–Trinajstić information content (AvgIpc) is 3.76. The zero-order valence-corrected chi connectivity index (χ0v) is 35.4. The van der Waals surface area contributed by atoms with Gasteiger partial charge >= 0.3 is 0 Å². The number of rotatable bonds is 22. The van der Waals surface area contributed by atoms with Gasteiger partial charge < -0.3 is 45.3 Å². The molecule has 11 nitrogen and oxygen atoms in total. The lowest BCUT2D eigenvalue weighted by molar-refractivity contribution is -0.123. The first-order valence-corrected chi connectivity index (χ1v) is 20.9. The topological polar surface area (TPSA) is 175 Å². The van der Waals surface area contributed by atoms with Crippen molar-refractivity contribution in [1.29, 1.82) is 0 Å². The van der Waals surface area contributed by atoms with Crippen molar-refractivity contribution in [1.82, 2.24) is 15.6 Å². The summed E-state index contributed by atoms with van der Waals surface area (Å²) in [5.41, 5.74) is 7.06. The van der Waals surface area contributed by atoms with Gasteiger partial charge in [-0.25, -0.2) is 0 Å². The van der Waals surface area contributed by atoms with Gasteiger partial charge in [0.1, 0.15) is 18.3 Å².